The van der Waals surface area contributed by atoms with E-state index in [1.54, 1.807) is 7.11 Å². The SMILES string of the molecule is COc1cc(C)ccc1-c1cccc2ncccc12. The molecule has 0 spiro atoms. The molecule has 0 radical (unpaired) electrons. The summed E-state index contributed by atoms with van der Waals surface area (Å²) in [6.45, 7) is 2.07. The van der Waals surface area contributed by atoms with Gasteiger partial charge in [-0.1, -0.05) is 30.3 Å². The van der Waals surface area contributed by atoms with E-state index in [1.807, 2.05) is 24.4 Å². The number of hydrogen-bond donors (Lipinski definition) is 0. The van der Waals surface area contributed by atoms with Crippen LogP contribution < -0.4 is 4.74 Å². The monoisotopic (exact) mass is 249 g/mol. The standard InChI is InChI=1S/C17H15NO/c1-12-8-9-15(17(11-12)19-2)13-5-3-7-16-14(13)6-4-10-18-16/h3-11H,1-2H3. The predicted octanol–water partition coefficient (Wildman–Crippen LogP) is 4.22. The summed E-state index contributed by atoms with van der Waals surface area (Å²) in [6, 6.07) is 16.5. The lowest BCUT2D eigenvalue weighted by atomic mass is 9.99. The zero-order valence-corrected chi connectivity index (χ0v) is 11.1. The molecule has 0 amide bonds. The summed E-state index contributed by atoms with van der Waals surface area (Å²) < 4.78 is 5.51. The number of aryl methyl sites for hydroxylation is 1. The van der Waals surface area contributed by atoms with E-state index in [9.17, 15) is 0 Å². The van der Waals surface area contributed by atoms with Gasteiger partial charge in [0.25, 0.3) is 0 Å². The van der Waals surface area contributed by atoms with Crippen molar-refractivity contribution in [3.63, 3.8) is 0 Å². The average molecular weight is 249 g/mol. The van der Waals surface area contributed by atoms with Crippen molar-refractivity contribution in [1.82, 2.24) is 4.98 Å². The smallest absolute Gasteiger partial charge is 0.126 e. The lowest BCUT2D eigenvalue weighted by Gasteiger charge is -2.11. The molecule has 19 heavy (non-hydrogen) atoms. The Labute approximate surface area is 112 Å². The number of methoxy groups -OCH3 is 1. The second kappa shape index (κ2) is 4.73. The Morgan fingerprint density at radius 1 is 0.947 bits per heavy atom. The fourth-order valence-electron chi connectivity index (χ4n) is 2.36. The third-order valence-corrected chi connectivity index (χ3v) is 3.29. The number of aromatic nitrogens is 1. The van der Waals surface area contributed by atoms with Gasteiger partial charge in [-0.2, -0.15) is 0 Å². The van der Waals surface area contributed by atoms with Crippen molar-refractivity contribution in [2.45, 2.75) is 6.92 Å². The molecule has 0 saturated heterocycles. The molecule has 0 unspecified atom stereocenters. The van der Waals surface area contributed by atoms with E-state index in [0.29, 0.717) is 0 Å². The molecule has 1 aromatic heterocycles. The Hall–Kier alpha value is -2.35. The van der Waals surface area contributed by atoms with Gasteiger partial charge < -0.3 is 4.74 Å². The van der Waals surface area contributed by atoms with Gasteiger partial charge in [0.15, 0.2) is 0 Å². The first-order valence-electron chi connectivity index (χ1n) is 6.28. The molecule has 0 saturated carbocycles. The second-order valence-electron chi connectivity index (χ2n) is 4.58. The summed E-state index contributed by atoms with van der Waals surface area (Å²) in [7, 11) is 1.71. The highest BCUT2D eigenvalue weighted by molar-refractivity contribution is 5.96. The average Bonchev–Trinajstić information content (AvgIpc) is 2.46. The Balaban J connectivity index is 2.30. The van der Waals surface area contributed by atoms with Gasteiger partial charge in [0, 0.05) is 17.1 Å². The Bertz CT molecular complexity index is 729. The number of rotatable bonds is 2. The molecule has 0 aliphatic heterocycles. The van der Waals surface area contributed by atoms with Crippen LogP contribution in [0, 0.1) is 6.92 Å². The van der Waals surface area contributed by atoms with Crippen molar-refractivity contribution < 1.29 is 4.74 Å². The fraction of sp³-hybridized carbons (Fsp3) is 0.118. The zero-order chi connectivity index (χ0) is 13.2. The normalized spacial score (nSPS) is 10.6. The number of pyridine rings is 1. The Morgan fingerprint density at radius 2 is 1.84 bits per heavy atom. The number of nitrogens with zero attached hydrogens (tertiary/aromatic N) is 1. The molecule has 0 bridgehead atoms. The molecule has 1 heterocycles. The lowest BCUT2D eigenvalue weighted by Crippen LogP contribution is -1.90. The molecule has 2 nitrogen and oxygen atoms in total. The fourth-order valence-corrected chi connectivity index (χ4v) is 2.36. The molecule has 0 atom stereocenters. The molecular formula is C17H15NO. The van der Waals surface area contributed by atoms with E-state index in [-0.39, 0.29) is 0 Å². The van der Waals surface area contributed by atoms with Crippen LogP contribution in [0.1, 0.15) is 5.56 Å². The second-order valence-corrected chi connectivity index (χ2v) is 4.58. The molecule has 2 aromatic carbocycles. The molecule has 0 aliphatic rings. The molecule has 94 valence electrons. The van der Waals surface area contributed by atoms with E-state index in [0.717, 1.165) is 27.8 Å². The van der Waals surface area contributed by atoms with Crippen molar-refractivity contribution >= 4 is 10.9 Å². The van der Waals surface area contributed by atoms with E-state index < -0.39 is 0 Å². The molecule has 3 aromatic rings. The summed E-state index contributed by atoms with van der Waals surface area (Å²) in [4.78, 5) is 4.40. The third kappa shape index (κ3) is 2.06. The van der Waals surface area contributed by atoms with Gasteiger partial charge in [-0.15, -0.1) is 0 Å². The van der Waals surface area contributed by atoms with Crippen LogP contribution in [0.2, 0.25) is 0 Å². The number of fused-ring (bicyclic) bond motifs is 1. The van der Waals surface area contributed by atoms with Crippen LogP contribution in [0.3, 0.4) is 0 Å². The minimum Gasteiger partial charge on any atom is -0.496 e. The molecular weight excluding hydrogens is 234 g/mol. The molecule has 0 aliphatic carbocycles. The highest BCUT2D eigenvalue weighted by atomic mass is 16.5. The van der Waals surface area contributed by atoms with Gasteiger partial charge in [0.05, 0.1) is 12.6 Å². The molecule has 0 N–H and O–H groups in total. The number of benzene rings is 2. The summed E-state index contributed by atoms with van der Waals surface area (Å²) in [5, 5.41) is 1.15. The lowest BCUT2D eigenvalue weighted by molar-refractivity contribution is 0.416. The minimum atomic E-state index is 0.899. The quantitative estimate of drug-likeness (QED) is 0.678. The maximum absolute atomic E-state index is 5.51. The molecule has 3 rings (SSSR count). The largest absolute Gasteiger partial charge is 0.496 e. The Kier molecular flexibility index (Phi) is 2.92. The molecule has 0 fully saturated rings. The molecule has 2 heteroatoms. The first kappa shape index (κ1) is 11.7. The first-order valence-corrected chi connectivity index (χ1v) is 6.28. The van der Waals surface area contributed by atoms with Crippen LogP contribution in [-0.2, 0) is 0 Å². The van der Waals surface area contributed by atoms with Gasteiger partial charge in [-0.25, -0.2) is 0 Å². The highest BCUT2D eigenvalue weighted by Crippen LogP contribution is 2.34. The maximum atomic E-state index is 5.51. The summed E-state index contributed by atoms with van der Waals surface area (Å²) in [5.41, 5.74) is 4.45. The van der Waals surface area contributed by atoms with Crippen LogP contribution in [0.15, 0.2) is 54.7 Å². The van der Waals surface area contributed by atoms with Gasteiger partial charge in [-0.05, 0) is 36.2 Å². The zero-order valence-electron chi connectivity index (χ0n) is 11.1. The van der Waals surface area contributed by atoms with Crippen molar-refractivity contribution in [3.8, 4) is 16.9 Å². The summed E-state index contributed by atoms with van der Waals surface area (Å²) in [6.07, 6.45) is 1.82. The summed E-state index contributed by atoms with van der Waals surface area (Å²) in [5.74, 6) is 0.899. The van der Waals surface area contributed by atoms with Crippen molar-refractivity contribution in [2.75, 3.05) is 7.11 Å². The van der Waals surface area contributed by atoms with E-state index in [1.165, 1.54) is 5.56 Å². The van der Waals surface area contributed by atoms with Crippen LogP contribution in [0.25, 0.3) is 22.0 Å². The van der Waals surface area contributed by atoms with Crippen molar-refractivity contribution in [2.24, 2.45) is 0 Å². The predicted molar refractivity (Wildman–Crippen MR) is 78.5 cm³/mol. The van der Waals surface area contributed by atoms with Gasteiger partial charge in [-0.3, -0.25) is 4.98 Å². The number of hydrogen-bond acceptors (Lipinski definition) is 2. The number of ether oxygens (including phenoxy) is 1. The van der Waals surface area contributed by atoms with Crippen LogP contribution in [-0.4, -0.2) is 12.1 Å². The van der Waals surface area contributed by atoms with Gasteiger partial charge in [0.2, 0.25) is 0 Å². The van der Waals surface area contributed by atoms with Crippen LogP contribution >= 0.6 is 0 Å². The third-order valence-electron chi connectivity index (χ3n) is 3.29. The van der Waals surface area contributed by atoms with E-state index in [4.69, 9.17) is 4.74 Å². The Morgan fingerprint density at radius 3 is 2.68 bits per heavy atom. The van der Waals surface area contributed by atoms with Gasteiger partial charge >= 0.3 is 0 Å². The van der Waals surface area contributed by atoms with Crippen molar-refractivity contribution in [1.29, 1.82) is 0 Å². The highest BCUT2D eigenvalue weighted by Gasteiger charge is 2.09. The van der Waals surface area contributed by atoms with Gasteiger partial charge in [0.1, 0.15) is 5.75 Å². The van der Waals surface area contributed by atoms with E-state index in [2.05, 4.69) is 42.2 Å². The maximum Gasteiger partial charge on any atom is 0.126 e. The summed E-state index contributed by atoms with van der Waals surface area (Å²) >= 11 is 0. The van der Waals surface area contributed by atoms with E-state index >= 15 is 0 Å². The van der Waals surface area contributed by atoms with Crippen LogP contribution in [0.5, 0.6) is 5.75 Å². The van der Waals surface area contributed by atoms with Crippen LogP contribution in [0.4, 0.5) is 0 Å². The van der Waals surface area contributed by atoms with Crippen molar-refractivity contribution in [3.05, 3.63) is 60.3 Å². The minimum absolute atomic E-state index is 0.899. The topological polar surface area (TPSA) is 22.1 Å². The first-order chi connectivity index (χ1) is 9.29.